The summed E-state index contributed by atoms with van der Waals surface area (Å²) in [5, 5.41) is 2.00. The third kappa shape index (κ3) is 6.57. The molecule has 0 spiro atoms. The van der Waals surface area contributed by atoms with Crippen molar-refractivity contribution in [3.05, 3.63) is 87.9 Å². The highest BCUT2D eigenvalue weighted by atomic mass is 35.5. The predicted octanol–water partition coefficient (Wildman–Crippen LogP) is 7.06. The summed E-state index contributed by atoms with van der Waals surface area (Å²) in [6.45, 7) is 1.35. The highest BCUT2D eigenvalue weighted by Gasteiger charge is 2.14. The van der Waals surface area contributed by atoms with Crippen LogP contribution in [0.5, 0.6) is 11.5 Å². The van der Waals surface area contributed by atoms with Gasteiger partial charge in [0.2, 0.25) is 0 Å². The van der Waals surface area contributed by atoms with Crippen LogP contribution in [0.15, 0.2) is 71.7 Å². The highest BCUT2D eigenvalue weighted by Crippen LogP contribution is 2.30. The molecule has 0 bridgehead atoms. The van der Waals surface area contributed by atoms with Crippen LogP contribution in [0.25, 0.3) is 0 Å². The van der Waals surface area contributed by atoms with Gasteiger partial charge in [-0.2, -0.15) is 0 Å². The second-order valence-electron chi connectivity index (χ2n) is 6.75. The van der Waals surface area contributed by atoms with Crippen LogP contribution in [0.4, 0.5) is 5.69 Å². The summed E-state index contributed by atoms with van der Waals surface area (Å²) < 4.78 is 10.6. The Morgan fingerprint density at radius 2 is 1.35 bits per heavy atom. The first-order chi connectivity index (χ1) is 15.0. The van der Waals surface area contributed by atoms with Crippen molar-refractivity contribution in [1.29, 1.82) is 0 Å². The van der Waals surface area contributed by atoms with Crippen LogP contribution in [0.2, 0.25) is 10.0 Å². The Balaban J connectivity index is 1.94. The number of hydrogen-bond donors (Lipinski definition) is 0. The van der Waals surface area contributed by atoms with Gasteiger partial charge in [-0.1, -0.05) is 59.2 Å². The number of rotatable bonds is 7. The Bertz CT molecular complexity index is 975. The predicted molar refractivity (Wildman–Crippen MR) is 132 cm³/mol. The Labute approximate surface area is 197 Å². The maximum Gasteiger partial charge on any atom is 0.164 e. The molecule has 0 radical (unpaired) electrons. The lowest BCUT2D eigenvalue weighted by atomic mass is 10.1. The number of halogens is 2. The normalized spacial score (nSPS) is 11.3. The molecular weight excluding hydrogens is 451 g/mol. The second kappa shape index (κ2) is 11.3. The number of amidine groups is 1. The molecule has 162 valence electrons. The summed E-state index contributed by atoms with van der Waals surface area (Å²) >= 11 is 14.1. The van der Waals surface area contributed by atoms with E-state index in [1.54, 1.807) is 44.2 Å². The molecule has 0 atom stereocenters. The minimum Gasteiger partial charge on any atom is -0.497 e. The molecule has 3 aromatic carbocycles. The number of aliphatic imine (C=N–C) groups is 1. The van der Waals surface area contributed by atoms with Gasteiger partial charge in [0.15, 0.2) is 5.17 Å². The van der Waals surface area contributed by atoms with Gasteiger partial charge in [0.1, 0.15) is 11.5 Å². The zero-order valence-corrected chi connectivity index (χ0v) is 20.0. The third-order valence-electron chi connectivity index (χ3n) is 4.64. The first-order valence-corrected chi connectivity index (χ1v) is 11.6. The van der Waals surface area contributed by atoms with E-state index in [0.29, 0.717) is 28.8 Å². The number of benzene rings is 3. The molecule has 0 fully saturated rings. The molecule has 0 aromatic heterocycles. The quantitative estimate of drug-likeness (QED) is 0.271. The van der Waals surface area contributed by atoms with Gasteiger partial charge in [0, 0.05) is 18.1 Å². The molecule has 7 heteroatoms. The highest BCUT2D eigenvalue weighted by molar-refractivity contribution is 8.13. The van der Waals surface area contributed by atoms with E-state index in [1.165, 1.54) is 0 Å². The fourth-order valence-corrected chi connectivity index (χ4v) is 3.92. The average Bonchev–Trinajstić information content (AvgIpc) is 2.80. The summed E-state index contributed by atoms with van der Waals surface area (Å²) in [5.41, 5.74) is 2.94. The molecule has 0 heterocycles. The lowest BCUT2D eigenvalue weighted by Gasteiger charge is -2.26. The molecule has 0 N–H and O–H groups in total. The topological polar surface area (TPSA) is 34.1 Å². The molecule has 4 nitrogen and oxygen atoms in total. The van der Waals surface area contributed by atoms with Crippen molar-refractivity contribution in [3.8, 4) is 11.5 Å². The largest absolute Gasteiger partial charge is 0.497 e. The lowest BCUT2D eigenvalue weighted by molar-refractivity contribution is 0.405. The van der Waals surface area contributed by atoms with Crippen LogP contribution >= 0.6 is 35.0 Å². The van der Waals surface area contributed by atoms with E-state index in [9.17, 15) is 0 Å². The third-order valence-corrected chi connectivity index (χ3v) is 5.91. The average molecular weight is 475 g/mol. The number of ether oxygens (including phenoxy) is 2. The molecule has 31 heavy (non-hydrogen) atoms. The van der Waals surface area contributed by atoms with Crippen LogP contribution in [0, 0.1) is 0 Å². The maximum absolute atomic E-state index is 6.37. The van der Waals surface area contributed by atoms with Crippen molar-refractivity contribution in [2.45, 2.75) is 13.1 Å². The van der Waals surface area contributed by atoms with Crippen LogP contribution in [-0.2, 0) is 13.1 Å². The van der Waals surface area contributed by atoms with Gasteiger partial charge in [-0.25, -0.2) is 4.99 Å². The molecule has 0 amide bonds. The van der Waals surface area contributed by atoms with E-state index < -0.39 is 0 Å². The summed E-state index contributed by atoms with van der Waals surface area (Å²) in [5.74, 6) is 1.66. The van der Waals surface area contributed by atoms with E-state index in [2.05, 4.69) is 29.2 Å². The molecule has 0 aliphatic rings. The Morgan fingerprint density at radius 1 is 0.839 bits per heavy atom. The molecule has 0 aliphatic carbocycles. The van der Waals surface area contributed by atoms with Gasteiger partial charge in [-0.05, 0) is 59.8 Å². The number of nitrogens with zero attached hydrogens (tertiary/aromatic N) is 2. The summed E-state index contributed by atoms with van der Waals surface area (Å²) in [4.78, 5) is 7.05. The second-order valence-corrected chi connectivity index (χ2v) is 8.36. The van der Waals surface area contributed by atoms with Gasteiger partial charge in [-0.15, -0.1) is 0 Å². The van der Waals surface area contributed by atoms with Gasteiger partial charge in [0.05, 0.1) is 24.9 Å². The van der Waals surface area contributed by atoms with E-state index in [0.717, 1.165) is 27.8 Å². The van der Waals surface area contributed by atoms with Gasteiger partial charge in [-0.3, -0.25) is 0 Å². The SMILES string of the molecule is COc1ccc(CN(Cc2ccc(OC)cc2)C(=Nc2cc(Cl)ccc2Cl)SC)cc1. The van der Waals surface area contributed by atoms with Gasteiger partial charge < -0.3 is 14.4 Å². The number of hydrogen-bond acceptors (Lipinski definition) is 4. The first-order valence-electron chi connectivity index (χ1n) is 9.61. The minimum absolute atomic E-state index is 0.560. The summed E-state index contributed by atoms with van der Waals surface area (Å²) in [7, 11) is 3.33. The van der Waals surface area contributed by atoms with Crippen LogP contribution in [0.3, 0.4) is 0 Å². The van der Waals surface area contributed by atoms with Crippen molar-refractivity contribution in [2.75, 3.05) is 20.5 Å². The number of methoxy groups -OCH3 is 2. The van der Waals surface area contributed by atoms with Crippen LogP contribution in [-0.4, -0.2) is 30.5 Å². The van der Waals surface area contributed by atoms with Crippen LogP contribution in [0.1, 0.15) is 11.1 Å². The fraction of sp³-hybridized carbons (Fsp3) is 0.208. The first kappa shape index (κ1) is 23.3. The standard InChI is InChI=1S/C24H24Cl2N2O2S/c1-29-20-9-4-17(5-10-20)15-28(16-18-6-11-21(30-2)12-7-18)24(31-3)27-23-14-19(25)8-13-22(23)26/h4-14H,15-16H2,1-3H3. The van der Waals surface area contributed by atoms with E-state index in [-0.39, 0.29) is 0 Å². The molecule has 0 unspecified atom stereocenters. The minimum atomic E-state index is 0.560. The Hall–Kier alpha value is -2.34. The summed E-state index contributed by atoms with van der Waals surface area (Å²) in [6, 6.07) is 21.4. The Kier molecular flexibility index (Phi) is 8.52. The molecule has 3 aromatic rings. The van der Waals surface area contributed by atoms with Crippen molar-refractivity contribution in [2.24, 2.45) is 4.99 Å². The fourth-order valence-electron chi connectivity index (χ4n) is 3.01. The smallest absolute Gasteiger partial charge is 0.164 e. The zero-order chi connectivity index (χ0) is 22.2. The molecule has 0 saturated heterocycles. The number of thioether (sulfide) groups is 1. The van der Waals surface area contributed by atoms with Crippen molar-refractivity contribution in [3.63, 3.8) is 0 Å². The monoisotopic (exact) mass is 474 g/mol. The zero-order valence-electron chi connectivity index (χ0n) is 17.6. The van der Waals surface area contributed by atoms with E-state index in [1.807, 2.05) is 30.5 Å². The van der Waals surface area contributed by atoms with E-state index in [4.69, 9.17) is 37.7 Å². The van der Waals surface area contributed by atoms with Crippen LogP contribution < -0.4 is 9.47 Å². The van der Waals surface area contributed by atoms with Gasteiger partial charge >= 0.3 is 0 Å². The summed E-state index contributed by atoms with van der Waals surface area (Å²) in [6.07, 6.45) is 2.01. The van der Waals surface area contributed by atoms with Crippen molar-refractivity contribution < 1.29 is 9.47 Å². The molecular formula is C24H24Cl2N2O2S. The van der Waals surface area contributed by atoms with Crippen molar-refractivity contribution >= 4 is 45.8 Å². The van der Waals surface area contributed by atoms with E-state index >= 15 is 0 Å². The Morgan fingerprint density at radius 3 is 1.81 bits per heavy atom. The lowest BCUT2D eigenvalue weighted by Crippen LogP contribution is -2.27. The van der Waals surface area contributed by atoms with Crippen molar-refractivity contribution in [1.82, 2.24) is 4.90 Å². The molecule has 0 saturated carbocycles. The molecule has 3 rings (SSSR count). The van der Waals surface area contributed by atoms with Gasteiger partial charge in [0.25, 0.3) is 0 Å². The molecule has 0 aliphatic heterocycles. The maximum atomic E-state index is 6.37.